The van der Waals surface area contributed by atoms with Crippen LogP contribution < -0.4 is 5.73 Å². The van der Waals surface area contributed by atoms with Gasteiger partial charge in [-0.05, 0) is 30.2 Å². The molecule has 0 heterocycles. The Hall–Kier alpha value is -0.710. The number of halogens is 2. The molecule has 1 atom stereocenters. The van der Waals surface area contributed by atoms with E-state index in [2.05, 4.69) is 0 Å². The van der Waals surface area contributed by atoms with Crippen LogP contribution in [0.2, 0.25) is 10.0 Å². The molecule has 0 aliphatic heterocycles. The topological polar surface area (TPSA) is 46.2 Å². The molecule has 0 aliphatic carbocycles. The summed E-state index contributed by atoms with van der Waals surface area (Å²) in [6.07, 6.45) is 0.665. The van der Waals surface area contributed by atoms with E-state index < -0.39 is 5.54 Å². The molecule has 0 bridgehead atoms. The van der Waals surface area contributed by atoms with Crippen LogP contribution in [0, 0.1) is 0 Å². The van der Waals surface area contributed by atoms with Crippen LogP contribution in [-0.4, -0.2) is 17.5 Å². The molecule has 0 fully saturated rings. The Balaban J connectivity index is 1.99. The van der Waals surface area contributed by atoms with Gasteiger partial charge in [0.1, 0.15) is 0 Å². The van der Waals surface area contributed by atoms with Gasteiger partial charge in [-0.1, -0.05) is 53.5 Å². The highest BCUT2D eigenvalue weighted by Crippen LogP contribution is 2.30. The van der Waals surface area contributed by atoms with E-state index in [-0.39, 0.29) is 6.61 Å². The molecule has 112 valence electrons. The predicted octanol–water partition coefficient (Wildman–Crippen LogP) is 4.32. The second-order valence-corrected chi connectivity index (χ2v) is 6.84. The van der Waals surface area contributed by atoms with E-state index in [0.29, 0.717) is 16.5 Å². The Kier molecular flexibility index (Phi) is 5.97. The van der Waals surface area contributed by atoms with Gasteiger partial charge in [0.05, 0.1) is 22.2 Å². The van der Waals surface area contributed by atoms with E-state index in [1.54, 1.807) is 17.8 Å². The van der Waals surface area contributed by atoms with Gasteiger partial charge in [-0.3, -0.25) is 0 Å². The molecule has 0 aromatic heterocycles. The minimum absolute atomic E-state index is 0.0844. The van der Waals surface area contributed by atoms with E-state index in [1.807, 2.05) is 42.5 Å². The molecule has 2 aromatic rings. The predicted molar refractivity (Wildman–Crippen MR) is 91.2 cm³/mol. The van der Waals surface area contributed by atoms with Crippen LogP contribution in [0.4, 0.5) is 0 Å². The van der Waals surface area contributed by atoms with Crippen LogP contribution in [0.25, 0.3) is 0 Å². The highest BCUT2D eigenvalue weighted by Gasteiger charge is 2.25. The maximum atomic E-state index is 9.64. The molecule has 0 amide bonds. The summed E-state index contributed by atoms with van der Waals surface area (Å²) in [7, 11) is 0. The normalized spacial score (nSPS) is 13.9. The molecule has 2 rings (SSSR count). The van der Waals surface area contributed by atoms with Crippen molar-refractivity contribution in [1.29, 1.82) is 0 Å². The summed E-state index contributed by atoms with van der Waals surface area (Å²) in [4.78, 5) is 1.04. The molecule has 21 heavy (non-hydrogen) atoms. The van der Waals surface area contributed by atoms with Gasteiger partial charge in [-0.2, -0.15) is 0 Å². The molecule has 3 N–H and O–H groups in total. The highest BCUT2D eigenvalue weighted by molar-refractivity contribution is 7.99. The number of aliphatic hydroxyl groups excluding tert-OH is 1. The van der Waals surface area contributed by atoms with E-state index in [4.69, 9.17) is 28.9 Å². The lowest BCUT2D eigenvalue weighted by Crippen LogP contribution is -2.41. The van der Waals surface area contributed by atoms with Crippen molar-refractivity contribution >= 4 is 35.0 Å². The highest BCUT2D eigenvalue weighted by atomic mass is 35.5. The third-order valence-corrected chi connectivity index (χ3v) is 5.07. The van der Waals surface area contributed by atoms with E-state index >= 15 is 0 Å². The summed E-state index contributed by atoms with van der Waals surface area (Å²) < 4.78 is 0. The van der Waals surface area contributed by atoms with Crippen LogP contribution in [0.5, 0.6) is 0 Å². The summed E-state index contributed by atoms with van der Waals surface area (Å²) in [5, 5.41) is 10.7. The zero-order chi connectivity index (χ0) is 15.3. The zero-order valence-corrected chi connectivity index (χ0v) is 13.8. The second-order valence-electron chi connectivity index (χ2n) is 4.85. The Morgan fingerprint density at radius 3 is 2.38 bits per heavy atom. The summed E-state index contributed by atoms with van der Waals surface area (Å²) in [6.45, 7) is -0.0844. The first-order chi connectivity index (χ1) is 10.0. The van der Waals surface area contributed by atoms with Crippen molar-refractivity contribution in [2.45, 2.75) is 16.9 Å². The van der Waals surface area contributed by atoms with Gasteiger partial charge in [0.15, 0.2) is 0 Å². The van der Waals surface area contributed by atoms with Gasteiger partial charge in [-0.25, -0.2) is 0 Å². The second kappa shape index (κ2) is 7.52. The molecule has 2 aromatic carbocycles. The van der Waals surface area contributed by atoms with Gasteiger partial charge in [0, 0.05) is 10.6 Å². The third kappa shape index (κ3) is 4.38. The number of benzene rings is 2. The number of hydrogen-bond acceptors (Lipinski definition) is 3. The molecule has 1 unspecified atom stereocenters. The van der Waals surface area contributed by atoms with Crippen molar-refractivity contribution in [1.82, 2.24) is 0 Å². The van der Waals surface area contributed by atoms with E-state index in [9.17, 15) is 5.11 Å². The van der Waals surface area contributed by atoms with E-state index in [1.165, 1.54) is 0 Å². The van der Waals surface area contributed by atoms with Crippen molar-refractivity contribution in [2.75, 3.05) is 12.4 Å². The van der Waals surface area contributed by atoms with Crippen LogP contribution >= 0.6 is 35.0 Å². The van der Waals surface area contributed by atoms with Crippen LogP contribution in [0.1, 0.15) is 12.0 Å². The molecule has 5 heteroatoms. The monoisotopic (exact) mass is 341 g/mol. The lowest BCUT2D eigenvalue weighted by atomic mass is 9.89. The summed E-state index contributed by atoms with van der Waals surface area (Å²) in [5.74, 6) is 0.782. The molecular formula is C16H17Cl2NOS. The minimum atomic E-state index is -0.718. The molecule has 0 aliphatic rings. The average Bonchev–Trinajstić information content (AvgIpc) is 2.51. The van der Waals surface area contributed by atoms with Crippen LogP contribution in [-0.2, 0) is 5.54 Å². The van der Waals surface area contributed by atoms with Crippen LogP contribution in [0.15, 0.2) is 53.4 Å². The largest absolute Gasteiger partial charge is 0.394 e. The Morgan fingerprint density at radius 1 is 1.05 bits per heavy atom. The molecule has 0 saturated heterocycles. The van der Waals surface area contributed by atoms with Gasteiger partial charge in [0.25, 0.3) is 0 Å². The molecule has 0 saturated carbocycles. The smallest absolute Gasteiger partial charge is 0.0653 e. The first-order valence-electron chi connectivity index (χ1n) is 6.58. The van der Waals surface area contributed by atoms with Crippen molar-refractivity contribution in [3.8, 4) is 0 Å². The van der Waals surface area contributed by atoms with Crippen molar-refractivity contribution in [3.63, 3.8) is 0 Å². The number of thioether (sulfide) groups is 1. The SMILES string of the molecule is NC(CO)(CCSc1ccc(Cl)c(Cl)c1)c1ccccc1. The summed E-state index contributed by atoms with van der Waals surface area (Å²) in [5.41, 5.74) is 6.56. The first kappa shape index (κ1) is 16.7. The van der Waals surface area contributed by atoms with Gasteiger partial charge >= 0.3 is 0 Å². The lowest BCUT2D eigenvalue weighted by molar-refractivity contribution is 0.193. The fourth-order valence-corrected chi connectivity index (χ4v) is 3.43. The fourth-order valence-electron chi connectivity index (χ4n) is 2.00. The summed E-state index contributed by atoms with van der Waals surface area (Å²) >= 11 is 13.5. The lowest BCUT2D eigenvalue weighted by Gasteiger charge is -2.27. The number of rotatable bonds is 6. The molecule has 0 spiro atoms. The first-order valence-corrected chi connectivity index (χ1v) is 8.32. The van der Waals surface area contributed by atoms with Crippen LogP contribution in [0.3, 0.4) is 0 Å². The van der Waals surface area contributed by atoms with Gasteiger partial charge in [-0.15, -0.1) is 11.8 Å². The van der Waals surface area contributed by atoms with Crippen molar-refractivity contribution < 1.29 is 5.11 Å². The van der Waals surface area contributed by atoms with Gasteiger partial charge < -0.3 is 10.8 Å². The zero-order valence-electron chi connectivity index (χ0n) is 11.4. The standard InChI is InChI=1S/C16H17Cl2NOS/c17-14-7-6-13(10-15(14)18)21-9-8-16(19,11-20)12-4-2-1-3-5-12/h1-7,10,20H,8-9,11,19H2. The Labute approximate surface area is 139 Å². The Morgan fingerprint density at radius 2 is 1.76 bits per heavy atom. The third-order valence-electron chi connectivity index (χ3n) is 3.34. The van der Waals surface area contributed by atoms with Crippen molar-refractivity contribution in [2.24, 2.45) is 5.73 Å². The van der Waals surface area contributed by atoms with Crippen molar-refractivity contribution in [3.05, 3.63) is 64.1 Å². The number of nitrogens with two attached hydrogens (primary N) is 1. The Bertz CT molecular complexity index is 594. The number of hydrogen-bond donors (Lipinski definition) is 2. The summed E-state index contributed by atoms with van der Waals surface area (Å²) in [6, 6.07) is 15.2. The van der Waals surface area contributed by atoms with Gasteiger partial charge in [0.2, 0.25) is 0 Å². The average molecular weight is 342 g/mol. The number of aliphatic hydroxyl groups is 1. The maximum absolute atomic E-state index is 9.64. The molecule has 0 radical (unpaired) electrons. The maximum Gasteiger partial charge on any atom is 0.0653 e. The quantitative estimate of drug-likeness (QED) is 0.769. The molecule has 2 nitrogen and oxygen atoms in total. The van der Waals surface area contributed by atoms with E-state index in [0.717, 1.165) is 16.2 Å². The fraction of sp³-hybridized carbons (Fsp3) is 0.250. The minimum Gasteiger partial charge on any atom is -0.394 e. The molecular weight excluding hydrogens is 325 g/mol.